The predicted octanol–water partition coefficient (Wildman–Crippen LogP) is 4.22. The van der Waals surface area contributed by atoms with Crippen LogP contribution in [0.25, 0.3) is 0 Å². The average molecular weight is 359 g/mol. The summed E-state index contributed by atoms with van der Waals surface area (Å²) in [5.74, 6) is -4.17. The highest BCUT2D eigenvalue weighted by molar-refractivity contribution is 6.13. The van der Waals surface area contributed by atoms with Crippen LogP contribution in [0.4, 0.5) is 18.9 Å². The van der Waals surface area contributed by atoms with Gasteiger partial charge in [-0.25, -0.2) is 9.59 Å². The molecule has 138 valence electrons. The zero-order valence-electron chi connectivity index (χ0n) is 14.0. The summed E-state index contributed by atoms with van der Waals surface area (Å²) in [6, 6.07) is 4.54. The molecule has 5 nitrogen and oxygen atoms in total. The molecule has 0 aliphatic heterocycles. The number of rotatable bonds is 7. The van der Waals surface area contributed by atoms with Crippen LogP contribution in [0.3, 0.4) is 0 Å². The second-order valence-electron chi connectivity index (χ2n) is 5.83. The molecular formula is C17H20F3NO4. The second-order valence-corrected chi connectivity index (χ2v) is 5.83. The molecule has 0 heterocycles. The lowest BCUT2D eigenvalue weighted by Gasteiger charge is -2.26. The molecule has 1 atom stereocenters. The number of halogens is 3. The smallest absolute Gasteiger partial charge is 0.418 e. The molecule has 0 aliphatic rings. The van der Waals surface area contributed by atoms with Gasteiger partial charge in [-0.15, -0.1) is 0 Å². The second kappa shape index (κ2) is 8.04. The molecule has 0 bridgehead atoms. The molecule has 1 aromatic rings. The highest BCUT2D eigenvalue weighted by Crippen LogP contribution is 2.37. The van der Waals surface area contributed by atoms with Gasteiger partial charge in [-0.3, -0.25) is 0 Å². The van der Waals surface area contributed by atoms with E-state index in [9.17, 15) is 33.0 Å². The molecule has 0 radical (unpaired) electrons. The SMILES string of the molecule is CCC(C(Nc1ccccc1C(F)(F)F)=C(C(=O)O)C(=O)O)C(C)C. The van der Waals surface area contributed by atoms with Crippen molar-refractivity contribution in [2.75, 3.05) is 5.32 Å². The largest absolute Gasteiger partial charge is 0.477 e. The molecular weight excluding hydrogens is 339 g/mol. The standard InChI is InChI=1S/C17H20F3NO4/c1-4-10(9(2)3)14(13(15(22)23)16(24)25)21-12-8-6-5-7-11(12)17(18,19)20/h5-10,21H,4H2,1-3H3,(H,22,23)(H,24,25). The average Bonchev–Trinajstić information content (AvgIpc) is 2.46. The topological polar surface area (TPSA) is 86.6 Å². The van der Waals surface area contributed by atoms with Crippen LogP contribution in [0.2, 0.25) is 0 Å². The van der Waals surface area contributed by atoms with Gasteiger partial charge in [-0.2, -0.15) is 13.2 Å². The Kier molecular flexibility index (Phi) is 6.61. The minimum absolute atomic E-state index is 0.181. The lowest BCUT2D eigenvalue weighted by molar-refractivity contribution is -0.140. The maximum atomic E-state index is 13.2. The van der Waals surface area contributed by atoms with Gasteiger partial charge in [0.25, 0.3) is 0 Å². The number of anilines is 1. The summed E-state index contributed by atoms with van der Waals surface area (Å²) in [5, 5.41) is 20.9. The lowest BCUT2D eigenvalue weighted by atomic mass is 9.87. The van der Waals surface area contributed by atoms with Crippen LogP contribution >= 0.6 is 0 Å². The van der Waals surface area contributed by atoms with Gasteiger partial charge in [0.05, 0.1) is 11.3 Å². The Morgan fingerprint density at radius 1 is 1.12 bits per heavy atom. The van der Waals surface area contributed by atoms with Gasteiger partial charge in [-0.05, 0) is 24.5 Å². The Morgan fingerprint density at radius 2 is 1.64 bits per heavy atom. The summed E-state index contributed by atoms with van der Waals surface area (Å²) in [6.45, 7) is 5.20. The fourth-order valence-electron chi connectivity index (χ4n) is 2.66. The van der Waals surface area contributed by atoms with Crippen LogP contribution in [0, 0.1) is 11.8 Å². The van der Waals surface area contributed by atoms with Gasteiger partial charge < -0.3 is 15.5 Å². The number of carboxylic acid groups (broad SMARTS) is 2. The quantitative estimate of drug-likeness (QED) is 0.385. The van der Waals surface area contributed by atoms with Crippen molar-refractivity contribution in [3.8, 4) is 0 Å². The minimum atomic E-state index is -4.67. The number of carboxylic acids is 2. The maximum absolute atomic E-state index is 13.2. The first kappa shape index (κ1) is 20.5. The number of nitrogens with one attached hydrogen (secondary N) is 1. The van der Waals surface area contributed by atoms with E-state index in [1.165, 1.54) is 12.1 Å². The van der Waals surface area contributed by atoms with Crippen molar-refractivity contribution in [1.29, 1.82) is 0 Å². The highest BCUT2D eigenvalue weighted by Gasteiger charge is 2.35. The number of alkyl halides is 3. The first-order valence-electron chi connectivity index (χ1n) is 7.64. The number of allylic oxidation sites excluding steroid dienone is 1. The zero-order valence-corrected chi connectivity index (χ0v) is 14.0. The molecule has 0 amide bonds. The van der Waals surface area contributed by atoms with Crippen LogP contribution in [0.15, 0.2) is 35.5 Å². The van der Waals surface area contributed by atoms with E-state index in [2.05, 4.69) is 5.32 Å². The van der Waals surface area contributed by atoms with E-state index in [-0.39, 0.29) is 17.3 Å². The Morgan fingerprint density at radius 3 is 2.04 bits per heavy atom. The van der Waals surface area contributed by atoms with Crippen LogP contribution < -0.4 is 5.32 Å². The van der Waals surface area contributed by atoms with Crippen molar-refractivity contribution in [2.45, 2.75) is 33.4 Å². The van der Waals surface area contributed by atoms with E-state index >= 15 is 0 Å². The molecule has 0 fully saturated rings. The first-order chi connectivity index (χ1) is 11.5. The number of carbonyl (C=O) groups is 2. The van der Waals surface area contributed by atoms with Crippen molar-refractivity contribution in [1.82, 2.24) is 0 Å². The van der Waals surface area contributed by atoms with Crippen LogP contribution in [-0.4, -0.2) is 22.2 Å². The Hall–Kier alpha value is -2.51. The van der Waals surface area contributed by atoms with Crippen LogP contribution in [-0.2, 0) is 15.8 Å². The number of hydrogen-bond donors (Lipinski definition) is 3. The van der Waals surface area contributed by atoms with Crippen molar-refractivity contribution in [3.63, 3.8) is 0 Å². The van der Waals surface area contributed by atoms with Crippen LogP contribution in [0.1, 0.15) is 32.8 Å². The number of benzene rings is 1. The van der Waals surface area contributed by atoms with Gasteiger partial charge >= 0.3 is 18.1 Å². The summed E-state index contributed by atoms with van der Waals surface area (Å²) in [5.41, 5.74) is -2.59. The molecule has 0 saturated heterocycles. The minimum Gasteiger partial charge on any atom is -0.477 e. The van der Waals surface area contributed by atoms with Gasteiger partial charge in [0.1, 0.15) is 0 Å². The third kappa shape index (κ3) is 4.98. The molecule has 25 heavy (non-hydrogen) atoms. The summed E-state index contributed by atoms with van der Waals surface area (Å²) in [6.07, 6.45) is -4.31. The molecule has 0 saturated carbocycles. The third-order valence-electron chi connectivity index (χ3n) is 3.81. The number of para-hydroxylation sites is 1. The monoisotopic (exact) mass is 359 g/mol. The highest BCUT2D eigenvalue weighted by atomic mass is 19.4. The third-order valence-corrected chi connectivity index (χ3v) is 3.81. The zero-order chi connectivity index (χ0) is 19.4. The molecule has 1 aromatic carbocycles. The molecule has 0 spiro atoms. The van der Waals surface area contributed by atoms with Crippen molar-refractivity contribution >= 4 is 17.6 Å². The van der Waals surface area contributed by atoms with E-state index in [0.717, 1.165) is 12.1 Å². The van der Waals surface area contributed by atoms with Crippen molar-refractivity contribution in [3.05, 3.63) is 41.1 Å². The maximum Gasteiger partial charge on any atom is 0.418 e. The molecule has 0 aliphatic carbocycles. The summed E-state index contributed by atoms with van der Waals surface area (Å²) in [4.78, 5) is 22.8. The Balaban J connectivity index is 3.60. The summed E-state index contributed by atoms with van der Waals surface area (Å²) in [7, 11) is 0. The van der Waals surface area contributed by atoms with Gasteiger partial charge in [-0.1, -0.05) is 32.9 Å². The van der Waals surface area contributed by atoms with Gasteiger partial charge in [0.15, 0.2) is 5.57 Å². The summed E-state index contributed by atoms with van der Waals surface area (Å²) >= 11 is 0. The fourth-order valence-corrected chi connectivity index (χ4v) is 2.66. The van der Waals surface area contributed by atoms with E-state index in [4.69, 9.17) is 0 Å². The van der Waals surface area contributed by atoms with Gasteiger partial charge in [0, 0.05) is 11.6 Å². The molecule has 1 unspecified atom stereocenters. The lowest BCUT2D eigenvalue weighted by Crippen LogP contribution is -2.26. The van der Waals surface area contributed by atoms with E-state index < -0.39 is 35.2 Å². The summed E-state index contributed by atoms with van der Waals surface area (Å²) < 4.78 is 39.5. The van der Waals surface area contributed by atoms with Crippen LogP contribution in [0.5, 0.6) is 0 Å². The fraction of sp³-hybridized carbons (Fsp3) is 0.412. The van der Waals surface area contributed by atoms with E-state index in [1.807, 2.05) is 0 Å². The first-order valence-corrected chi connectivity index (χ1v) is 7.64. The Labute approximate surface area is 143 Å². The normalized spacial score (nSPS) is 12.6. The number of aliphatic carboxylic acids is 2. The molecule has 3 N–H and O–H groups in total. The van der Waals surface area contributed by atoms with Crippen molar-refractivity contribution in [2.24, 2.45) is 11.8 Å². The Bertz CT molecular complexity index is 665. The van der Waals surface area contributed by atoms with E-state index in [1.54, 1.807) is 20.8 Å². The van der Waals surface area contributed by atoms with Gasteiger partial charge in [0.2, 0.25) is 0 Å². The van der Waals surface area contributed by atoms with E-state index in [0.29, 0.717) is 6.42 Å². The number of hydrogen-bond acceptors (Lipinski definition) is 3. The molecule has 0 aromatic heterocycles. The molecule has 8 heteroatoms. The predicted molar refractivity (Wildman–Crippen MR) is 86.0 cm³/mol. The van der Waals surface area contributed by atoms with Crippen molar-refractivity contribution < 1.29 is 33.0 Å². The molecule has 1 rings (SSSR count).